The lowest BCUT2D eigenvalue weighted by molar-refractivity contribution is 0.102. The van der Waals surface area contributed by atoms with Gasteiger partial charge in [0, 0.05) is 25.3 Å². The Hall–Kier alpha value is -2.64. The number of likely N-dealkylation sites (tertiary alicyclic amines) is 1. The Bertz CT molecular complexity index is 900. The quantitative estimate of drug-likeness (QED) is 0.729. The Kier molecular flexibility index (Phi) is 6.50. The van der Waals surface area contributed by atoms with E-state index < -0.39 is 6.09 Å². The number of pyridine rings is 1. The molecule has 4 rings (SSSR count). The average Bonchev–Trinajstić information content (AvgIpc) is 3.42. The molecule has 158 valence electrons. The van der Waals surface area contributed by atoms with Gasteiger partial charge in [0.2, 0.25) is 0 Å². The van der Waals surface area contributed by atoms with Gasteiger partial charge in [-0.1, -0.05) is 36.6 Å². The van der Waals surface area contributed by atoms with Crippen LogP contribution in [-0.2, 0) is 4.74 Å². The normalized spacial score (nSPS) is 19.6. The molecule has 2 heterocycles. The molecule has 0 spiro atoms. The van der Waals surface area contributed by atoms with E-state index >= 15 is 0 Å². The van der Waals surface area contributed by atoms with E-state index in [1.54, 1.807) is 36.4 Å². The molecule has 7 nitrogen and oxygen atoms in total. The Balaban J connectivity index is 1.34. The molecule has 1 atom stereocenters. The van der Waals surface area contributed by atoms with Crippen molar-refractivity contribution in [1.29, 1.82) is 0 Å². The van der Waals surface area contributed by atoms with Gasteiger partial charge in [0.1, 0.15) is 11.9 Å². The molecule has 1 aliphatic heterocycles. The summed E-state index contributed by atoms with van der Waals surface area (Å²) in [5.74, 6) is -0.00580. The smallest absolute Gasteiger partial charge is 0.411 e. The lowest BCUT2D eigenvalue weighted by Gasteiger charge is -2.23. The molecule has 1 saturated heterocycles. The molecular weight excluding hydrogens is 404 g/mol. The molecule has 2 N–H and O–H groups in total. The van der Waals surface area contributed by atoms with Crippen molar-refractivity contribution in [1.82, 2.24) is 9.88 Å². The lowest BCUT2D eigenvalue weighted by Crippen LogP contribution is -2.33. The fourth-order valence-corrected chi connectivity index (χ4v) is 4.28. The number of nitrogens with zero attached hydrogens (tertiary/aromatic N) is 2. The molecule has 2 fully saturated rings. The highest BCUT2D eigenvalue weighted by Gasteiger charge is 2.32. The molecule has 0 radical (unpaired) electrons. The Morgan fingerprint density at radius 3 is 2.63 bits per heavy atom. The molecule has 8 heteroatoms. The van der Waals surface area contributed by atoms with Gasteiger partial charge < -0.3 is 10.1 Å². The number of carbonyl (C=O) groups excluding carboxylic acids is 2. The highest BCUT2D eigenvalue weighted by molar-refractivity contribution is 6.30. The molecule has 1 aromatic carbocycles. The largest absolute Gasteiger partial charge is 0.445 e. The van der Waals surface area contributed by atoms with Crippen molar-refractivity contribution < 1.29 is 14.3 Å². The molecule has 1 saturated carbocycles. The molecule has 1 aliphatic carbocycles. The molecule has 1 aromatic heterocycles. The summed E-state index contributed by atoms with van der Waals surface area (Å²) < 4.78 is 5.62. The standard InChI is InChI=1S/C22H25ClN4O3/c23-15-9-10-20(24-13-15)26-21(28)18-7-3-4-8-19(18)25-22(29)30-17-11-12-27(14-17)16-5-1-2-6-16/h3-4,7-10,13,16-17H,1-2,5-6,11-12,14H2,(H,25,29)(H,24,26,28). The minimum Gasteiger partial charge on any atom is -0.445 e. The number of hydrogen-bond donors (Lipinski definition) is 2. The van der Waals surface area contributed by atoms with E-state index in [1.807, 2.05) is 0 Å². The highest BCUT2D eigenvalue weighted by atomic mass is 35.5. The van der Waals surface area contributed by atoms with Gasteiger partial charge in [0.15, 0.2) is 0 Å². The number of benzene rings is 1. The number of aromatic nitrogens is 1. The first-order chi connectivity index (χ1) is 14.6. The zero-order valence-corrected chi connectivity index (χ0v) is 17.4. The zero-order valence-electron chi connectivity index (χ0n) is 16.6. The van der Waals surface area contributed by atoms with Gasteiger partial charge in [0.05, 0.1) is 16.3 Å². The third-order valence-electron chi connectivity index (χ3n) is 5.67. The monoisotopic (exact) mass is 428 g/mol. The van der Waals surface area contributed by atoms with Gasteiger partial charge in [-0.25, -0.2) is 9.78 Å². The second-order valence-electron chi connectivity index (χ2n) is 7.74. The van der Waals surface area contributed by atoms with Crippen LogP contribution >= 0.6 is 11.6 Å². The third kappa shape index (κ3) is 5.09. The first kappa shape index (κ1) is 20.6. The molecule has 30 heavy (non-hydrogen) atoms. The van der Waals surface area contributed by atoms with E-state index in [0.717, 1.165) is 19.5 Å². The third-order valence-corrected chi connectivity index (χ3v) is 5.89. The first-order valence-corrected chi connectivity index (χ1v) is 10.7. The van der Waals surface area contributed by atoms with Crippen molar-refractivity contribution in [3.63, 3.8) is 0 Å². The van der Waals surface area contributed by atoms with Crippen LogP contribution in [-0.4, -0.2) is 47.1 Å². The predicted octanol–water partition coefficient (Wildman–Crippen LogP) is 4.55. The van der Waals surface area contributed by atoms with Crippen LogP contribution in [0.25, 0.3) is 0 Å². The fourth-order valence-electron chi connectivity index (χ4n) is 4.17. The van der Waals surface area contributed by atoms with Crippen LogP contribution in [0.4, 0.5) is 16.3 Å². The fraction of sp³-hybridized carbons (Fsp3) is 0.409. The summed E-state index contributed by atoms with van der Waals surface area (Å²) >= 11 is 5.82. The number of amides is 2. The van der Waals surface area contributed by atoms with Crippen molar-refractivity contribution in [2.75, 3.05) is 23.7 Å². The SMILES string of the molecule is O=C(Nc1ccccc1C(=O)Nc1ccc(Cl)cn1)OC1CCN(C2CCCC2)C1. The summed E-state index contributed by atoms with van der Waals surface area (Å²) in [6.07, 6.45) is 6.69. The summed E-state index contributed by atoms with van der Waals surface area (Å²) in [6, 6.07) is 10.7. The van der Waals surface area contributed by atoms with Crippen LogP contribution in [0.5, 0.6) is 0 Å². The summed E-state index contributed by atoms with van der Waals surface area (Å²) in [6.45, 7) is 1.75. The van der Waals surface area contributed by atoms with E-state index in [0.29, 0.717) is 28.1 Å². The Morgan fingerprint density at radius 2 is 1.87 bits per heavy atom. The average molecular weight is 429 g/mol. The lowest BCUT2D eigenvalue weighted by atomic mass is 10.1. The van der Waals surface area contributed by atoms with E-state index in [1.165, 1.54) is 31.9 Å². The van der Waals surface area contributed by atoms with E-state index in [9.17, 15) is 9.59 Å². The predicted molar refractivity (Wildman–Crippen MR) is 116 cm³/mol. The number of ether oxygens (including phenoxy) is 1. The number of halogens is 1. The zero-order chi connectivity index (χ0) is 20.9. The van der Waals surface area contributed by atoms with Crippen LogP contribution in [0.15, 0.2) is 42.6 Å². The van der Waals surface area contributed by atoms with Gasteiger partial charge >= 0.3 is 6.09 Å². The number of para-hydroxylation sites is 1. The number of nitrogens with one attached hydrogen (secondary N) is 2. The van der Waals surface area contributed by atoms with Crippen molar-refractivity contribution in [3.8, 4) is 0 Å². The van der Waals surface area contributed by atoms with Gasteiger partial charge in [-0.05, 0) is 43.5 Å². The van der Waals surface area contributed by atoms with Gasteiger partial charge in [0.25, 0.3) is 5.91 Å². The van der Waals surface area contributed by atoms with Crippen LogP contribution < -0.4 is 10.6 Å². The highest BCUT2D eigenvalue weighted by Crippen LogP contribution is 2.27. The molecular formula is C22H25ClN4O3. The van der Waals surface area contributed by atoms with Crippen molar-refractivity contribution >= 4 is 35.1 Å². The number of hydrogen-bond acceptors (Lipinski definition) is 5. The Morgan fingerprint density at radius 1 is 1.07 bits per heavy atom. The summed E-state index contributed by atoms with van der Waals surface area (Å²) in [4.78, 5) is 31.6. The first-order valence-electron chi connectivity index (χ1n) is 10.3. The Labute approximate surface area is 180 Å². The molecule has 1 unspecified atom stereocenters. The van der Waals surface area contributed by atoms with Gasteiger partial charge in [-0.2, -0.15) is 0 Å². The number of anilines is 2. The summed E-state index contributed by atoms with van der Waals surface area (Å²) in [5, 5.41) is 5.90. The van der Waals surface area contributed by atoms with Crippen LogP contribution in [0, 0.1) is 0 Å². The second kappa shape index (κ2) is 9.45. The van der Waals surface area contributed by atoms with Crippen LogP contribution in [0.2, 0.25) is 5.02 Å². The van der Waals surface area contributed by atoms with Crippen molar-refractivity contribution in [2.45, 2.75) is 44.2 Å². The maximum Gasteiger partial charge on any atom is 0.411 e. The molecule has 2 aliphatic rings. The number of rotatable bonds is 5. The van der Waals surface area contributed by atoms with Gasteiger partial charge in [-0.15, -0.1) is 0 Å². The summed E-state index contributed by atoms with van der Waals surface area (Å²) in [7, 11) is 0. The van der Waals surface area contributed by atoms with E-state index in [-0.39, 0.29) is 12.0 Å². The molecule has 0 bridgehead atoms. The molecule has 2 aromatic rings. The summed E-state index contributed by atoms with van der Waals surface area (Å²) in [5.41, 5.74) is 0.713. The van der Waals surface area contributed by atoms with Crippen molar-refractivity contribution in [3.05, 3.63) is 53.2 Å². The van der Waals surface area contributed by atoms with Gasteiger partial charge in [-0.3, -0.25) is 15.0 Å². The second-order valence-corrected chi connectivity index (χ2v) is 8.17. The minimum atomic E-state index is -0.543. The van der Waals surface area contributed by atoms with Crippen LogP contribution in [0.1, 0.15) is 42.5 Å². The minimum absolute atomic E-state index is 0.121. The van der Waals surface area contributed by atoms with Crippen LogP contribution in [0.3, 0.4) is 0 Å². The van der Waals surface area contributed by atoms with E-state index in [2.05, 4.69) is 20.5 Å². The maximum absolute atomic E-state index is 12.7. The van der Waals surface area contributed by atoms with Crippen molar-refractivity contribution in [2.24, 2.45) is 0 Å². The topological polar surface area (TPSA) is 83.6 Å². The molecule has 2 amide bonds. The van der Waals surface area contributed by atoms with E-state index in [4.69, 9.17) is 16.3 Å². The maximum atomic E-state index is 12.7. The number of carbonyl (C=O) groups is 2.